The monoisotopic (exact) mass is 332 g/mol. The highest BCUT2D eigenvalue weighted by molar-refractivity contribution is 8.00. The first-order valence-corrected chi connectivity index (χ1v) is 8.00. The van der Waals surface area contributed by atoms with Gasteiger partial charge in [-0.25, -0.2) is 0 Å². The van der Waals surface area contributed by atoms with Gasteiger partial charge in [-0.2, -0.15) is 5.26 Å². The fourth-order valence-corrected chi connectivity index (χ4v) is 2.31. The van der Waals surface area contributed by atoms with Gasteiger partial charge in [-0.15, -0.1) is 11.8 Å². The van der Waals surface area contributed by atoms with Gasteiger partial charge in [0.15, 0.2) is 5.75 Å². The van der Waals surface area contributed by atoms with Crippen molar-refractivity contribution in [3.8, 4) is 17.6 Å². The number of nitrogens with zero attached hydrogens (tertiary/aromatic N) is 1. The molecule has 2 aromatic rings. The number of anilines is 1. The number of nitrogens with one attached hydrogen (secondary N) is 1. The Labute approximate surface area is 138 Å². The Morgan fingerprint density at radius 3 is 2.59 bits per heavy atom. The zero-order valence-electron chi connectivity index (χ0n) is 11.6. The summed E-state index contributed by atoms with van der Waals surface area (Å²) in [6.45, 7) is 0. The number of rotatable bonds is 6. The number of nitriles is 1. The topological polar surface area (TPSA) is 62.1 Å². The van der Waals surface area contributed by atoms with Crippen LogP contribution in [0.5, 0.6) is 11.5 Å². The minimum absolute atomic E-state index is 0.185. The average Bonchev–Trinajstić information content (AvgIpc) is 2.52. The molecule has 0 atom stereocenters. The van der Waals surface area contributed by atoms with Crippen LogP contribution < -0.4 is 10.1 Å². The molecule has 0 aliphatic heterocycles. The lowest BCUT2D eigenvalue weighted by atomic mass is 10.3. The summed E-state index contributed by atoms with van der Waals surface area (Å²) in [5.74, 6) is 1.34. The lowest BCUT2D eigenvalue weighted by molar-refractivity contribution is -0.113. The standard InChI is InChI=1S/C16H13ClN2O2S/c17-12-5-1-3-7-14(12)21-15-8-4-2-6-13(15)19-16(20)11-22-10-9-18/h1-8H,10-11H2,(H,19,20). The van der Waals surface area contributed by atoms with Crippen molar-refractivity contribution in [2.75, 3.05) is 16.8 Å². The normalized spacial score (nSPS) is 9.82. The summed E-state index contributed by atoms with van der Waals surface area (Å²) < 4.78 is 5.76. The van der Waals surface area contributed by atoms with Gasteiger partial charge in [0.25, 0.3) is 0 Å². The highest BCUT2D eigenvalue weighted by Gasteiger charge is 2.09. The molecular formula is C16H13ClN2O2S. The predicted molar refractivity (Wildman–Crippen MR) is 89.5 cm³/mol. The number of thioether (sulfide) groups is 1. The molecule has 0 radical (unpaired) electrons. The lowest BCUT2D eigenvalue weighted by Gasteiger charge is -2.12. The summed E-state index contributed by atoms with van der Waals surface area (Å²) in [4.78, 5) is 11.8. The van der Waals surface area contributed by atoms with Crippen LogP contribution in [0.15, 0.2) is 48.5 Å². The number of para-hydroxylation sites is 3. The van der Waals surface area contributed by atoms with Gasteiger partial charge < -0.3 is 10.1 Å². The van der Waals surface area contributed by atoms with E-state index in [0.717, 1.165) is 0 Å². The molecule has 0 bridgehead atoms. The predicted octanol–water partition coefficient (Wildman–Crippen LogP) is 4.33. The van der Waals surface area contributed by atoms with E-state index in [1.54, 1.807) is 30.3 Å². The molecule has 2 aromatic carbocycles. The number of hydrogen-bond donors (Lipinski definition) is 1. The van der Waals surface area contributed by atoms with Crippen molar-refractivity contribution < 1.29 is 9.53 Å². The maximum absolute atomic E-state index is 11.8. The number of amides is 1. The Hall–Kier alpha value is -2.16. The molecular weight excluding hydrogens is 320 g/mol. The van der Waals surface area contributed by atoms with Crippen molar-refractivity contribution in [2.45, 2.75) is 0 Å². The lowest BCUT2D eigenvalue weighted by Crippen LogP contribution is -2.14. The zero-order valence-corrected chi connectivity index (χ0v) is 13.2. The van der Waals surface area contributed by atoms with Gasteiger partial charge >= 0.3 is 0 Å². The third kappa shape index (κ3) is 4.69. The third-order valence-corrected chi connectivity index (χ3v) is 3.73. The number of hydrogen-bond acceptors (Lipinski definition) is 4. The van der Waals surface area contributed by atoms with E-state index in [1.807, 2.05) is 24.3 Å². The molecule has 0 unspecified atom stereocenters. The highest BCUT2D eigenvalue weighted by Crippen LogP contribution is 2.33. The van der Waals surface area contributed by atoms with E-state index in [-0.39, 0.29) is 17.4 Å². The molecule has 112 valence electrons. The van der Waals surface area contributed by atoms with Crippen molar-refractivity contribution in [3.63, 3.8) is 0 Å². The first-order valence-electron chi connectivity index (χ1n) is 6.46. The molecule has 6 heteroatoms. The fraction of sp³-hybridized carbons (Fsp3) is 0.125. The van der Waals surface area contributed by atoms with Crippen molar-refractivity contribution >= 4 is 35.0 Å². The quantitative estimate of drug-likeness (QED) is 0.800. The number of carbonyl (C=O) groups is 1. The van der Waals surface area contributed by atoms with E-state index in [9.17, 15) is 4.79 Å². The maximum atomic E-state index is 11.8. The minimum atomic E-state index is -0.185. The minimum Gasteiger partial charge on any atom is -0.454 e. The maximum Gasteiger partial charge on any atom is 0.234 e. The first kappa shape index (κ1) is 16.2. The molecule has 0 spiro atoms. The molecule has 4 nitrogen and oxygen atoms in total. The van der Waals surface area contributed by atoms with E-state index >= 15 is 0 Å². The molecule has 0 aliphatic carbocycles. The number of ether oxygens (including phenoxy) is 1. The smallest absolute Gasteiger partial charge is 0.234 e. The molecule has 0 saturated heterocycles. The van der Waals surface area contributed by atoms with Crippen LogP contribution in [-0.4, -0.2) is 17.4 Å². The van der Waals surface area contributed by atoms with Crippen LogP contribution in [0.4, 0.5) is 5.69 Å². The van der Waals surface area contributed by atoms with Crippen molar-refractivity contribution in [1.29, 1.82) is 5.26 Å². The highest BCUT2D eigenvalue weighted by atomic mass is 35.5. The molecule has 22 heavy (non-hydrogen) atoms. The van der Waals surface area contributed by atoms with Gasteiger partial charge in [-0.05, 0) is 24.3 Å². The Bertz CT molecular complexity index is 701. The zero-order chi connectivity index (χ0) is 15.8. The first-order chi connectivity index (χ1) is 10.7. The van der Waals surface area contributed by atoms with E-state index in [0.29, 0.717) is 22.2 Å². The van der Waals surface area contributed by atoms with Crippen LogP contribution in [0.1, 0.15) is 0 Å². The van der Waals surface area contributed by atoms with E-state index in [1.165, 1.54) is 11.8 Å². The average molecular weight is 333 g/mol. The third-order valence-electron chi connectivity index (χ3n) is 2.62. The Kier molecular flexibility index (Phi) is 6.13. The largest absolute Gasteiger partial charge is 0.454 e. The van der Waals surface area contributed by atoms with Crippen LogP contribution in [0, 0.1) is 11.3 Å². The molecule has 1 N–H and O–H groups in total. The molecule has 0 heterocycles. The van der Waals surface area contributed by atoms with Gasteiger partial charge in [0.1, 0.15) is 5.75 Å². The summed E-state index contributed by atoms with van der Waals surface area (Å²) in [5, 5.41) is 11.7. The summed E-state index contributed by atoms with van der Waals surface area (Å²) in [6.07, 6.45) is 0. The molecule has 0 aromatic heterocycles. The second-order valence-corrected chi connectivity index (χ2v) is 5.62. The van der Waals surface area contributed by atoms with Crippen molar-refractivity contribution in [3.05, 3.63) is 53.6 Å². The number of carbonyl (C=O) groups excluding carboxylic acids is 1. The van der Waals surface area contributed by atoms with Gasteiger partial charge in [0.2, 0.25) is 5.91 Å². The SMILES string of the molecule is N#CCSCC(=O)Nc1ccccc1Oc1ccccc1Cl. The van der Waals surface area contributed by atoms with Crippen LogP contribution in [0.2, 0.25) is 5.02 Å². The summed E-state index contributed by atoms with van der Waals surface area (Å²) in [7, 11) is 0. The van der Waals surface area contributed by atoms with Gasteiger partial charge in [-0.3, -0.25) is 4.79 Å². The van der Waals surface area contributed by atoms with Crippen LogP contribution >= 0.6 is 23.4 Å². The number of benzene rings is 2. The van der Waals surface area contributed by atoms with Crippen LogP contribution in [0.3, 0.4) is 0 Å². The van der Waals surface area contributed by atoms with Gasteiger partial charge in [0, 0.05) is 0 Å². The van der Waals surface area contributed by atoms with Crippen LogP contribution in [0.25, 0.3) is 0 Å². The summed E-state index contributed by atoms with van der Waals surface area (Å²) in [5.41, 5.74) is 0.560. The molecule has 1 amide bonds. The van der Waals surface area contributed by atoms with E-state index in [4.69, 9.17) is 21.6 Å². The van der Waals surface area contributed by atoms with Crippen molar-refractivity contribution in [2.24, 2.45) is 0 Å². The Balaban J connectivity index is 2.09. The van der Waals surface area contributed by atoms with Crippen LogP contribution in [-0.2, 0) is 4.79 Å². The molecule has 0 saturated carbocycles. The second kappa shape index (κ2) is 8.32. The van der Waals surface area contributed by atoms with Gasteiger partial charge in [0.05, 0.1) is 28.3 Å². The van der Waals surface area contributed by atoms with Gasteiger partial charge in [-0.1, -0.05) is 35.9 Å². The molecule has 0 fully saturated rings. The number of halogens is 1. The van der Waals surface area contributed by atoms with E-state index in [2.05, 4.69) is 5.32 Å². The Morgan fingerprint density at radius 1 is 1.18 bits per heavy atom. The molecule has 0 aliphatic rings. The second-order valence-electron chi connectivity index (χ2n) is 4.23. The summed E-state index contributed by atoms with van der Waals surface area (Å²) >= 11 is 7.33. The summed E-state index contributed by atoms with van der Waals surface area (Å²) in [6, 6.07) is 16.2. The molecule has 2 rings (SSSR count). The van der Waals surface area contributed by atoms with Crippen molar-refractivity contribution in [1.82, 2.24) is 0 Å². The fourth-order valence-electron chi connectivity index (χ4n) is 1.68. The Morgan fingerprint density at radius 2 is 1.86 bits per heavy atom. The van der Waals surface area contributed by atoms with E-state index < -0.39 is 0 Å².